The number of rotatable bonds is 6. The molecule has 3 heteroatoms. The molecular formula is C54H38N2O. The molecule has 9 aromatic rings. The fourth-order valence-electron chi connectivity index (χ4n) is 10.1. The van der Waals surface area contributed by atoms with E-state index in [1.54, 1.807) is 0 Å². The summed E-state index contributed by atoms with van der Waals surface area (Å²) in [6, 6.07) is 46.3. The van der Waals surface area contributed by atoms with E-state index in [-0.39, 0.29) is 5.92 Å². The summed E-state index contributed by atoms with van der Waals surface area (Å²) in [5.74, 6) is 0.711. The van der Waals surface area contributed by atoms with Crippen LogP contribution < -0.4 is 4.90 Å². The van der Waals surface area contributed by atoms with Crippen LogP contribution in [-0.2, 0) is 0 Å². The zero-order chi connectivity index (χ0) is 37.6. The van der Waals surface area contributed by atoms with Crippen LogP contribution in [0.15, 0.2) is 210 Å². The van der Waals surface area contributed by atoms with Crippen molar-refractivity contribution in [3.05, 3.63) is 222 Å². The predicted octanol–water partition coefficient (Wildman–Crippen LogP) is 14.3. The summed E-state index contributed by atoms with van der Waals surface area (Å²) in [7, 11) is 0. The first-order chi connectivity index (χ1) is 28.2. The van der Waals surface area contributed by atoms with Gasteiger partial charge in [-0.3, -0.25) is 0 Å². The Balaban J connectivity index is 0.968. The molecule has 0 fully saturated rings. The molecule has 3 aromatic heterocycles. The van der Waals surface area contributed by atoms with Crippen LogP contribution in [0.4, 0.5) is 5.69 Å². The van der Waals surface area contributed by atoms with E-state index in [1.165, 1.54) is 66.1 Å². The Bertz CT molecular complexity index is 3340. The Kier molecular flexibility index (Phi) is 7.03. The molecule has 2 atom stereocenters. The Labute approximate surface area is 330 Å². The second kappa shape index (κ2) is 12.5. The topological polar surface area (TPSA) is 20.8 Å². The van der Waals surface area contributed by atoms with Gasteiger partial charge in [-0.15, -0.1) is 0 Å². The standard InChI is InChI=1S/C54H38N2O/c1-2-34(35-24-29-51-49(31-35)47-21-11-20-46-43-18-7-9-22-50(43)56(51)54(46)47)13-12-30-55(37-26-28-45-44-19-8-10-23-52(44)57-53(45)33-37)36-25-27-42-40-16-4-3-14-38(40)39-15-5-6-17-41(39)48(42)32-36/h2-13,15-31,33,38,48H,1,14,32H2/b30-12+,34-13+. The average Bonchev–Trinajstić information content (AvgIpc) is 3.93. The monoisotopic (exact) mass is 730 g/mol. The van der Waals surface area contributed by atoms with Crippen molar-refractivity contribution in [2.24, 2.45) is 0 Å². The van der Waals surface area contributed by atoms with Crippen molar-refractivity contribution < 1.29 is 4.42 Å². The molecule has 6 aromatic carbocycles. The first kappa shape index (κ1) is 32.2. The van der Waals surface area contributed by atoms with Gasteiger partial charge in [-0.2, -0.15) is 0 Å². The number of fused-ring (bicyclic) bond motifs is 15. The molecule has 3 heterocycles. The van der Waals surface area contributed by atoms with Gasteiger partial charge in [-0.25, -0.2) is 0 Å². The fourth-order valence-corrected chi connectivity index (χ4v) is 10.1. The molecular weight excluding hydrogens is 693 g/mol. The van der Waals surface area contributed by atoms with Gasteiger partial charge in [0.25, 0.3) is 0 Å². The van der Waals surface area contributed by atoms with Crippen molar-refractivity contribution >= 4 is 71.3 Å². The van der Waals surface area contributed by atoms with Crippen LogP contribution in [0.5, 0.6) is 0 Å². The Hall–Kier alpha value is -7.10. The number of benzene rings is 6. The second-order valence-corrected chi connectivity index (χ2v) is 15.6. The third-order valence-electron chi connectivity index (χ3n) is 12.7. The van der Waals surface area contributed by atoms with Crippen LogP contribution in [0.25, 0.3) is 65.6 Å². The molecule has 0 amide bonds. The number of hydrogen-bond acceptors (Lipinski definition) is 2. The second-order valence-electron chi connectivity index (χ2n) is 15.6. The summed E-state index contributed by atoms with van der Waals surface area (Å²) in [4.78, 5) is 2.35. The van der Waals surface area contributed by atoms with Gasteiger partial charge >= 0.3 is 0 Å². The molecule has 3 nitrogen and oxygen atoms in total. The molecule has 0 radical (unpaired) electrons. The van der Waals surface area contributed by atoms with Gasteiger partial charge in [-0.1, -0.05) is 128 Å². The van der Waals surface area contributed by atoms with Crippen molar-refractivity contribution in [3.63, 3.8) is 0 Å². The highest BCUT2D eigenvalue weighted by atomic mass is 16.3. The molecule has 0 aliphatic heterocycles. The molecule has 2 unspecified atom stereocenters. The van der Waals surface area contributed by atoms with Crippen molar-refractivity contribution in [2.75, 3.05) is 4.90 Å². The highest BCUT2D eigenvalue weighted by Crippen LogP contribution is 2.52. The van der Waals surface area contributed by atoms with Crippen LogP contribution in [0.2, 0.25) is 0 Å². The zero-order valence-corrected chi connectivity index (χ0v) is 31.4. The van der Waals surface area contributed by atoms with Crippen molar-refractivity contribution in [1.29, 1.82) is 0 Å². The lowest BCUT2D eigenvalue weighted by molar-refractivity contribution is 0.659. The number of aromatic nitrogens is 1. The smallest absolute Gasteiger partial charge is 0.137 e. The van der Waals surface area contributed by atoms with E-state index in [9.17, 15) is 0 Å². The van der Waals surface area contributed by atoms with Gasteiger partial charge in [0.2, 0.25) is 0 Å². The predicted molar refractivity (Wildman–Crippen MR) is 239 cm³/mol. The van der Waals surface area contributed by atoms with E-state index < -0.39 is 0 Å². The lowest BCUT2D eigenvalue weighted by Crippen LogP contribution is -2.26. The minimum atomic E-state index is 0.286. The highest BCUT2D eigenvalue weighted by Gasteiger charge is 2.36. The van der Waals surface area contributed by atoms with E-state index >= 15 is 0 Å². The van der Waals surface area contributed by atoms with Crippen molar-refractivity contribution in [2.45, 2.75) is 24.7 Å². The maximum atomic E-state index is 6.42. The van der Waals surface area contributed by atoms with E-state index in [0.717, 1.165) is 51.6 Å². The maximum Gasteiger partial charge on any atom is 0.137 e. The van der Waals surface area contributed by atoms with Gasteiger partial charge in [0, 0.05) is 67.8 Å². The number of allylic oxidation sites excluding steroid dienone is 12. The summed E-state index contributed by atoms with van der Waals surface area (Å²) in [5.41, 5.74) is 15.9. The third-order valence-corrected chi connectivity index (χ3v) is 12.7. The van der Waals surface area contributed by atoms with Crippen molar-refractivity contribution in [1.82, 2.24) is 4.40 Å². The third kappa shape index (κ3) is 4.79. The maximum absolute atomic E-state index is 6.42. The van der Waals surface area contributed by atoms with Gasteiger partial charge in [0.1, 0.15) is 11.2 Å². The van der Waals surface area contributed by atoms with Gasteiger partial charge < -0.3 is 13.7 Å². The van der Waals surface area contributed by atoms with Crippen LogP contribution in [0, 0.1) is 0 Å². The normalized spacial score (nSPS) is 18.0. The van der Waals surface area contributed by atoms with Crippen LogP contribution in [-0.4, -0.2) is 4.40 Å². The molecule has 0 spiro atoms. The van der Waals surface area contributed by atoms with Crippen molar-refractivity contribution in [3.8, 4) is 0 Å². The number of para-hydroxylation sites is 3. The molecule has 270 valence electrons. The molecule has 12 rings (SSSR count). The van der Waals surface area contributed by atoms with E-state index in [1.807, 2.05) is 18.2 Å². The summed E-state index contributed by atoms with van der Waals surface area (Å²) in [5, 5.41) is 7.39. The van der Waals surface area contributed by atoms with Crippen LogP contribution in [0.3, 0.4) is 0 Å². The minimum absolute atomic E-state index is 0.286. The Morgan fingerprint density at radius 1 is 0.649 bits per heavy atom. The summed E-state index contributed by atoms with van der Waals surface area (Å²) in [6.07, 6.45) is 22.1. The number of nitrogens with zero attached hydrogens (tertiary/aromatic N) is 2. The molecule has 0 saturated carbocycles. The molecule has 0 N–H and O–H groups in total. The first-order valence-electron chi connectivity index (χ1n) is 20.0. The fraction of sp³-hybridized carbons (Fsp3) is 0.0741. The molecule has 0 saturated heterocycles. The number of anilines is 1. The SMILES string of the molecule is C=C/C(=C\C=C\N(C1=CC=C2C3=CC=CCC3c3ccccc3C2C1)c1ccc2c(c1)oc1ccccc12)c1ccc2c(c1)c1cccc3c4ccccc4n2c31. The van der Waals surface area contributed by atoms with Gasteiger partial charge in [0.05, 0.1) is 16.6 Å². The molecule has 3 aliphatic carbocycles. The molecule has 57 heavy (non-hydrogen) atoms. The quantitative estimate of drug-likeness (QED) is 0.159. The molecule has 0 bridgehead atoms. The average molecular weight is 731 g/mol. The minimum Gasteiger partial charge on any atom is -0.456 e. The summed E-state index contributed by atoms with van der Waals surface area (Å²) in [6.45, 7) is 4.28. The molecule has 3 aliphatic rings. The Morgan fingerprint density at radius 2 is 1.39 bits per heavy atom. The summed E-state index contributed by atoms with van der Waals surface area (Å²) < 4.78 is 8.84. The summed E-state index contributed by atoms with van der Waals surface area (Å²) >= 11 is 0. The van der Waals surface area contributed by atoms with Crippen LogP contribution >= 0.6 is 0 Å². The van der Waals surface area contributed by atoms with Crippen LogP contribution in [0.1, 0.15) is 41.4 Å². The van der Waals surface area contributed by atoms with Gasteiger partial charge in [-0.05, 0) is 94.8 Å². The van der Waals surface area contributed by atoms with E-state index in [4.69, 9.17) is 4.42 Å². The lowest BCUT2D eigenvalue weighted by Gasteiger charge is -2.40. The Morgan fingerprint density at radius 3 is 2.28 bits per heavy atom. The number of hydrogen-bond donors (Lipinski definition) is 0. The number of furan rings is 1. The van der Waals surface area contributed by atoms with E-state index in [0.29, 0.717) is 5.92 Å². The first-order valence-corrected chi connectivity index (χ1v) is 20.0. The van der Waals surface area contributed by atoms with E-state index in [2.05, 4.69) is 180 Å². The lowest BCUT2D eigenvalue weighted by atomic mass is 9.66. The zero-order valence-electron chi connectivity index (χ0n) is 31.4. The highest BCUT2D eigenvalue weighted by molar-refractivity contribution is 6.23. The largest absolute Gasteiger partial charge is 0.456 e. The van der Waals surface area contributed by atoms with Gasteiger partial charge in [0.15, 0.2) is 0 Å².